The van der Waals surface area contributed by atoms with Crippen LogP contribution in [0.3, 0.4) is 0 Å². The second-order valence-electron chi connectivity index (χ2n) is 8.10. The summed E-state index contributed by atoms with van der Waals surface area (Å²) in [5.74, 6) is -0.870. The largest absolute Gasteiger partial charge is 0.322 e. The summed E-state index contributed by atoms with van der Waals surface area (Å²) in [6, 6.07) is 7.11. The first kappa shape index (κ1) is 19.2. The van der Waals surface area contributed by atoms with Gasteiger partial charge in [0.25, 0.3) is 5.91 Å². The standard InChI is InChI=1S/C22H22N6O3/c1-12-8-18(26(2)25-12)20-16(10-23-27(20)3)13-4-5-15-14(9-13)11-28(22(15)31)17-6-7-19(29)24-21(17)30/h4-5,8-10,17H,6-7,11H2,1-3H3,(H,24,29,30)/t17-/m0/s1. The molecule has 158 valence electrons. The van der Waals surface area contributed by atoms with Gasteiger partial charge >= 0.3 is 0 Å². The Labute approximate surface area is 178 Å². The van der Waals surface area contributed by atoms with E-state index in [2.05, 4.69) is 15.5 Å². The molecule has 3 amide bonds. The fourth-order valence-electron chi connectivity index (χ4n) is 4.53. The first-order valence-corrected chi connectivity index (χ1v) is 10.1. The molecule has 0 unspecified atom stereocenters. The molecule has 2 aromatic heterocycles. The van der Waals surface area contributed by atoms with Crippen molar-refractivity contribution in [3.05, 3.63) is 47.3 Å². The van der Waals surface area contributed by atoms with Crippen molar-refractivity contribution in [1.29, 1.82) is 0 Å². The van der Waals surface area contributed by atoms with Crippen molar-refractivity contribution in [3.8, 4) is 22.5 Å². The number of aromatic nitrogens is 4. The number of hydrogen-bond donors (Lipinski definition) is 1. The molecule has 1 N–H and O–H groups in total. The number of nitrogens with one attached hydrogen (secondary N) is 1. The van der Waals surface area contributed by atoms with Crippen LogP contribution in [0.4, 0.5) is 0 Å². The van der Waals surface area contributed by atoms with Crippen LogP contribution in [0, 0.1) is 6.92 Å². The topological polar surface area (TPSA) is 102 Å². The molecule has 0 saturated carbocycles. The molecular formula is C22H22N6O3. The van der Waals surface area contributed by atoms with E-state index < -0.39 is 11.9 Å². The Bertz CT molecular complexity index is 1250. The molecule has 4 heterocycles. The van der Waals surface area contributed by atoms with E-state index >= 15 is 0 Å². The van der Waals surface area contributed by atoms with Crippen LogP contribution in [0.25, 0.3) is 22.5 Å². The van der Waals surface area contributed by atoms with Crippen molar-refractivity contribution in [2.24, 2.45) is 14.1 Å². The smallest absolute Gasteiger partial charge is 0.255 e. The molecule has 0 radical (unpaired) electrons. The fourth-order valence-corrected chi connectivity index (χ4v) is 4.53. The van der Waals surface area contributed by atoms with Crippen LogP contribution in [-0.2, 0) is 30.2 Å². The van der Waals surface area contributed by atoms with E-state index in [0.29, 0.717) is 18.5 Å². The number of aryl methyl sites for hydroxylation is 3. The molecule has 3 aromatic rings. The second-order valence-corrected chi connectivity index (χ2v) is 8.10. The predicted octanol–water partition coefficient (Wildman–Crippen LogP) is 1.56. The molecule has 1 atom stereocenters. The number of nitrogens with zero attached hydrogens (tertiary/aromatic N) is 5. The number of amides is 3. The monoisotopic (exact) mass is 418 g/mol. The van der Waals surface area contributed by atoms with E-state index in [4.69, 9.17) is 0 Å². The van der Waals surface area contributed by atoms with Gasteiger partial charge in [0, 0.05) is 38.2 Å². The molecule has 2 aliphatic rings. The van der Waals surface area contributed by atoms with Crippen molar-refractivity contribution in [2.75, 3.05) is 0 Å². The Morgan fingerprint density at radius 1 is 1.06 bits per heavy atom. The minimum Gasteiger partial charge on any atom is -0.322 e. The van der Waals surface area contributed by atoms with Crippen LogP contribution in [0.2, 0.25) is 0 Å². The highest BCUT2D eigenvalue weighted by atomic mass is 16.2. The number of hydrogen-bond acceptors (Lipinski definition) is 5. The minimum atomic E-state index is -0.618. The van der Waals surface area contributed by atoms with E-state index in [1.165, 1.54) is 0 Å². The maximum atomic E-state index is 12.9. The van der Waals surface area contributed by atoms with Crippen LogP contribution >= 0.6 is 0 Å². The van der Waals surface area contributed by atoms with Crippen molar-refractivity contribution < 1.29 is 14.4 Å². The molecule has 0 spiro atoms. The van der Waals surface area contributed by atoms with Crippen molar-refractivity contribution >= 4 is 17.7 Å². The summed E-state index contributed by atoms with van der Waals surface area (Å²) in [6.45, 7) is 2.29. The van der Waals surface area contributed by atoms with Crippen molar-refractivity contribution in [2.45, 2.75) is 32.4 Å². The fraction of sp³-hybridized carbons (Fsp3) is 0.318. The summed E-state index contributed by atoms with van der Waals surface area (Å²) in [5, 5.41) is 11.2. The molecular weight excluding hydrogens is 396 g/mol. The van der Waals surface area contributed by atoms with Crippen LogP contribution in [0.5, 0.6) is 0 Å². The van der Waals surface area contributed by atoms with Gasteiger partial charge in [0.05, 0.1) is 23.3 Å². The Balaban J connectivity index is 1.50. The summed E-state index contributed by atoms with van der Waals surface area (Å²) in [5.41, 5.74) is 6.16. The maximum Gasteiger partial charge on any atom is 0.255 e. The van der Waals surface area contributed by atoms with Crippen LogP contribution in [0.15, 0.2) is 30.5 Å². The van der Waals surface area contributed by atoms with E-state index in [-0.39, 0.29) is 18.2 Å². The van der Waals surface area contributed by atoms with Crippen LogP contribution < -0.4 is 5.32 Å². The van der Waals surface area contributed by atoms with Gasteiger partial charge in [0.1, 0.15) is 6.04 Å². The first-order chi connectivity index (χ1) is 14.8. The molecule has 1 aromatic carbocycles. The lowest BCUT2D eigenvalue weighted by atomic mass is 9.99. The van der Waals surface area contributed by atoms with Gasteiger partial charge < -0.3 is 4.90 Å². The zero-order valence-electron chi connectivity index (χ0n) is 17.5. The highest BCUT2D eigenvalue weighted by molar-refractivity contribution is 6.05. The van der Waals surface area contributed by atoms with E-state index in [1.807, 2.05) is 60.8 Å². The van der Waals surface area contributed by atoms with Gasteiger partial charge in [-0.05, 0) is 42.7 Å². The number of carbonyl (C=O) groups excluding carboxylic acids is 3. The number of piperidine rings is 1. The molecule has 5 rings (SSSR count). The van der Waals surface area contributed by atoms with Gasteiger partial charge in [0.2, 0.25) is 11.8 Å². The molecule has 9 heteroatoms. The third-order valence-corrected chi connectivity index (χ3v) is 6.02. The number of fused-ring (bicyclic) bond motifs is 1. The Kier molecular flexibility index (Phi) is 4.28. The second kappa shape index (κ2) is 6.90. The average Bonchev–Trinajstić information content (AvgIpc) is 3.36. The minimum absolute atomic E-state index is 0.176. The third-order valence-electron chi connectivity index (χ3n) is 6.02. The molecule has 0 aliphatic carbocycles. The quantitative estimate of drug-likeness (QED) is 0.651. The lowest BCUT2D eigenvalue weighted by Crippen LogP contribution is -2.52. The van der Waals surface area contributed by atoms with E-state index in [9.17, 15) is 14.4 Å². The van der Waals surface area contributed by atoms with Gasteiger partial charge in [-0.3, -0.25) is 29.1 Å². The molecule has 2 aliphatic heterocycles. The highest BCUT2D eigenvalue weighted by Gasteiger charge is 2.39. The molecule has 0 bridgehead atoms. The lowest BCUT2D eigenvalue weighted by Gasteiger charge is -2.29. The number of imide groups is 1. The van der Waals surface area contributed by atoms with Gasteiger partial charge in [-0.2, -0.15) is 10.2 Å². The summed E-state index contributed by atoms with van der Waals surface area (Å²) >= 11 is 0. The summed E-state index contributed by atoms with van der Waals surface area (Å²) in [4.78, 5) is 38.2. The maximum absolute atomic E-state index is 12.9. The Hall–Kier alpha value is -3.75. The zero-order chi connectivity index (χ0) is 21.9. The molecule has 31 heavy (non-hydrogen) atoms. The molecule has 1 saturated heterocycles. The molecule has 9 nitrogen and oxygen atoms in total. The van der Waals surface area contributed by atoms with Crippen molar-refractivity contribution in [1.82, 2.24) is 29.8 Å². The number of benzene rings is 1. The van der Waals surface area contributed by atoms with Gasteiger partial charge in [-0.15, -0.1) is 0 Å². The predicted molar refractivity (Wildman–Crippen MR) is 112 cm³/mol. The summed E-state index contributed by atoms with van der Waals surface area (Å²) < 4.78 is 3.65. The van der Waals surface area contributed by atoms with Gasteiger partial charge in [-0.25, -0.2) is 0 Å². The Morgan fingerprint density at radius 2 is 1.87 bits per heavy atom. The van der Waals surface area contributed by atoms with Gasteiger partial charge in [0.15, 0.2) is 0 Å². The van der Waals surface area contributed by atoms with E-state index in [0.717, 1.165) is 33.8 Å². The number of rotatable bonds is 3. The van der Waals surface area contributed by atoms with E-state index in [1.54, 1.807) is 4.90 Å². The van der Waals surface area contributed by atoms with Crippen LogP contribution in [-0.4, -0.2) is 48.2 Å². The average molecular weight is 418 g/mol. The van der Waals surface area contributed by atoms with Crippen LogP contribution in [0.1, 0.15) is 34.5 Å². The normalized spacial score (nSPS) is 18.5. The van der Waals surface area contributed by atoms with Crippen molar-refractivity contribution in [3.63, 3.8) is 0 Å². The SMILES string of the molecule is Cc1cc(-c2c(-c3ccc4c(c3)CN([C@H]3CCC(=O)NC3=O)C4=O)cnn2C)n(C)n1. The zero-order valence-corrected chi connectivity index (χ0v) is 17.5. The lowest BCUT2D eigenvalue weighted by molar-refractivity contribution is -0.136. The Morgan fingerprint density at radius 3 is 2.58 bits per heavy atom. The summed E-state index contributed by atoms with van der Waals surface area (Å²) in [7, 11) is 3.79. The van der Waals surface area contributed by atoms with Gasteiger partial charge in [-0.1, -0.05) is 6.07 Å². The summed E-state index contributed by atoms with van der Waals surface area (Å²) in [6.07, 6.45) is 2.41. The highest BCUT2D eigenvalue weighted by Crippen LogP contribution is 2.35. The number of carbonyl (C=O) groups is 3. The third kappa shape index (κ3) is 3.04. The molecule has 1 fully saturated rings. The first-order valence-electron chi connectivity index (χ1n) is 10.1.